The molecule has 4 nitrogen and oxygen atoms in total. The number of aliphatic hydroxyl groups excluding tert-OH is 2. The minimum Gasteiger partial charge on any atom is -0.491 e. The highest BCUT2D eigenvalue weighted by molar-refractivity contribution is 5.30. The number of rotatable bonds is 9. The van der Waals surface area contributed by atoms with E-state index in [1.165, 1.54) is 19.1 Å². The summed E-state index contributed by atoms with van der Waals surface area (Å²) in [5.41, 5.74) is 0.223. The van der Waals surface area contributed by atoms with Crippen LogP contribution in [0, 0.1) is 5.82 Å². The van der Waals surface area contributed by atoms with Crippen LogP contribution in [0.15, 0.2) is 18.2 Å². The topological polar surface area (TPSA) is 58.9 Å². The number of unbranched alkanes of at least 4 members (excludes halogenated alkanes) is 1. The molecule has 0 saturated heterocycles. The van der Waals surface area contributed by atoms with E-state index in [1.807, 2.05) is 0 Å². The highest BCUT2D eigenvalue weighted by atomic mass is 19.1. The van der Waals surface area contributed by atoms with Crippen LogP contribution < -0.4 is 4.74 Å². The molecule has 114 valence electrons. The van der Waals surface area contributed by atoms with Gasteiger partial charge in [0.05, 0.1) is 12.7 Å². The first-order chi connectivity index (χ1) is 9.54. The Balaban J connectivity index is 2.36. The molecule has 0 bridgehead atoms. The molecule has 1 aromatic rings. The molecule has 0 saturated carbocycles. The maximum Gasteiger partial charge on any atom is 0.132 e. The van der Waals surface area contributed by atoms with Gasteiger partial charge in [0.25, 0.3) is 0 Å². The van der Waals surface area contributed by atoms with Gasteiger partial charge in [0, 0.05) is 18.2 Å². The van der Waals surface area contributed by atoms with Crippen LogP contribution in [0.5, 0.6) is 5.75 Å². The van der Waals surface area contributed by atoms with Crippen molar-refractivity contribution in [3.63, 3.8) is 0 Å². The van der Waals surface area contributed by atoms with Gasteiger partial charge in [0.2, 0.25) is 0 Å². The monoisotopic (exact) mass is 286 g/mol. The van der Waals surface area contributed by atoms with Gasteiger partial charge in [-0.15, -0.1) is 0 Å². The molecule has 0 radical (unpaired) electrons. The quantitative estimate of drug-likeness (QED) is 0.685. The number of hydrogen-bond acceptors (Lipinski definition) is 4. The Bertz CT molecular complexity index is 395. The summed E-state index contributed by atoms with van der Waals surface area (Å²) >= 11 is 0. The van der Waals surface area contributed by atoms with E-state index >= 15 is 0 Å². The van der Waals surface area contributed by atoms with Crippen molar-refractivity contribution in [2.75, 3.05) is 19.8 Å². The number of ether oxygens (including phenoxy) is 2. The van der Waals surface area contributed by atoms with Crippen molar-refractivity contribution >= 4 is 0 Å². The highest BCUT2D eigenvalue weighted by Crippen LogP contribution is 2.21. The third-order valence-electron chi connectivity index (χ3n) is 2.82. The summed E-state index contributed by atoms with van der Waals surface area (Å²) in [6, 6.07) is 4.24. The minimum atomic E-state index is -0.860. The third kappa shape index (κ3) is 5.86. The standard InChI is InChI=1S/C15H23FO4/c1-3-4-7-19-9-12(18)10-20-13-5-6-14(11(2)17)15(16)8-13/h5-6,8,11-12,17-18H,3-4,7,9-10H2,1-2H3. The molecular formula is C15H23FO4. The van der Waals surface area contributed by atoms with Crippen LogP contribution in [0.3, 0.4) is 0 Å². The van der Waals surface area contributed by atoms with Crippen molar-refractivity contribution in [3.8, 4) is 5.75 Å². The van der Waals surface area contributed by atoms with Crippen molar-refractivity contribution in [1.82, 2.24) is 0 Å². The molecule has 2 atom stereocenters. The molecule has 0 aliphatic heterocycles. The molecule has 0 heterocycles. The molecule has 0 aromatic heterocycles. The van der Waals surface area contributed by atoms with Gasteiger partial charge in [-0.25, -0.2) is 4.39 Å². The van der Waals surface area contributed by atoms with Crippen LogP contribution >= 0.6 is 0 Å². The van der Waals surface area contributed by atoms with Crippen molar-refractivity contribution in [1.29, 1.82) is 0 Å². The fourth-order valence-corrected chi connectivity index (χ4v) is 1.64. The van der Waals surface area contributed by atoms with E-state index in [4.69, 9.17) is 9.47 Å². The molecule has 2 unspecified atom stereocenters. The van der Waals surface area contributed by atoms with Gasteiger partial charge < -0.3 is 19.7 Å². The smallest absolute Gasteiger partial charge is 0.132 e. The van der Waals surface area contributed by atoms with Gasteiger partial charge in [0.1, 0.15) is 24.3 Å². The number of benzene rings is 1. The Morgan fingerprint density at radius 1 is 1.25 bits per heavy atom. The van der Waals surface area contributed by atoms with Crippen LogP contribution in [-0.4, -0.2) is 36.1 Å². The van der Waals surface area contributed by atoms with Gasteiger partial charge >= 0.3 is 0 Å². The van der Waals surface area contributed by atoms with E-state index in [1.54, 1.807) is 6.07 Å². The summed E-state index contributed by atoms with van der Waals surface area (Å²) in [5, 5.41) is 19.0. The molecule has 1 aromatic carbocycles. The summed E-state index contributed by atoms with van der Waals surface area (Å²) in [6.07, 6.45) is 0.397. The number of hydrogen-bond donors (Lipinski definition) is 2. The summed E-state index contributed by atoms with van der Waals surface area (Å²) in [7, 11) is 0. The highest BCUT2D eigenvalue weighted by Gasteiger charge is 2.10. The second-order valence-electron chi connectivity index (χ2n) is 4.75. The maximum atomic E-state index is 13.6. The normalized spacial score (nSPS) is 14.1. The van der Waals surface area contributed by atoms with Gasteiger partial charge in [-0.05, 0) is 25.5 Å². The van der Waals surface area contributed by atoms with E-state index in [9.17, 15) is 14.6 Å². The van der Waals surface area contributed by atoms with E-state index in [-0.39, 0.29) is 18.8 Å². The summed E-state index contributed by atoms with van der Waals surface area (Å²) in [6.45, 7) is 4.42. The third-order valence-corrected chi connectivity index (χ3v) is 2.82. The average molecular weight is 286 g/mol. The van der Waals surface area contributed by atoms with Crippen LogP contribution in [0.2, 0.25) is 0 Å². The molecule has 20 heavy (non-hydrogen) atoms. The van der Waals surface area contributed by atoms with Crippen LogP contribution in [0.25, 0.3) is 0 Å². The number of aliphatic hydroxyl groups is 2. The predicted octanol–water partition coefficient (Wildman–Crippen LogP) is 2.44. The summed E-state index contributed by atoms with van der Waals surface area (Å²) in [5.74, 6) is -0.203. The molecule has 0 fully saturated rings. The molecule has 1 rings (SSSR count). The van der Waals surface area contributed by atoms with Gasteiger partial charge in [-0.2, -0.15) is 0 Å². The molecular weight excluding hydrogens is 263 g/mol. The van der Waals surface area contributed by atoms with Crippen molar-refractivity contribution in [2.24, 2.45) is 0 Å². The first-order valence-electron chi connectivity index (χ1n) is 6.90. The zero-order valence-corrected chi connectivity index (χ0v) is 12.0. The van der Waals surface area contributed by atoms with Gasteiger partial charge in [0.15, 0.2) is 0 Å². The van der Waals surface area contributed by atoms with E-state index < -0.39 is 18.0 Å². The zero-order valence-electron chi connectivity index (χ0n) is 12.0. The largest absolute Gasteiger partial charge is 0.491 e. The zero-order chi connectivity index (χ0) is 15.0. The number of halogens is 1. The lowest BCUT2D eigenvalue weighted by atomic mass is 10.1. The van der Waals surface area contributed by atoms with Crippen LogP contribution in [0.1, 0.15) is 38.4 Å². The van der Waals surface area contributed by atoms with Crippen molar-refractivity contribution < 1.29 is 24.1 Å². The molecule has 0 aliphatic carbocycles. The lowest BCUT2D eigenvalue weighted by Gasteiger charge is -2.14. The van der Waals surface area contributed by atoms with Crippen LogP contribution in [0.4, 0.5) is 4.39 Å². The Hall–Kier alpha value is -1.17. The molecule has 0 spiro atoms. The predicted molar refractivity (Wildman–Crippen MR) is 74.3 cm³/mol. The lowest BCUT2D eigenvalue weighted by Crippen LogP contribution is -2.23. The maximum absolute atomic E-state index is 13.6. The first-order valence-corrected chi connectivity index (χ1v) is 6.90. The second-order valence-corrected chi connectivity index (χ2v) is 4.75. The fourth-order valence-electron chi connectivity index (χ4n) is 1.64. The molecule has 0 amide bonds. The Labute approximate surface area is 119 Å². The minimum absolute atomic E-state index is 0.0413. The molecule has 0 aliphatic rings. The fraction of sp³-hybridized carbons (Fsp3) is 0.600. The SMILES string of the molecule is CCCCOCC(O)COc1ccc(C(C)O)c(F)c1. The van der Waals surface area contributed by atoms with E-state index in [0.717, 1.165) is 12.8 Å². The Morgan fingerprint density at radius 3 is 2.60 bits per heavy atom. The van der Waals surface area contributed by atoms with Crippen molar-refractivity contribution in [2.45, 2.75) is 38.9 Å². The van der Waals surface area contributed by atoms with Gasteiger partial charge in [-0.3, -0.25) is 0 Å². The molecule has 5 heteroatoms. The van der Waals surface area contributed by atoms with E-state index in [0.29, 0.717) is 12.4 Å². The average Bonchev–Trinajstić information content (AvgIpc) is 2.41. The van der Waals surface area contributed by atoms with E-state index in [2.05, 4.69) is 6.92 Å². The first kappa shape index (κ1) is 16.9. The second kappa shape index (κ2) is 8.89. The van der Waals surface area contributed by atoms with Crippen molar-refractivity contribution in [3.05, 3.63) is 29.6 Å². The summed E-state index contributed by atoms with van der Waals surface area (Å²) in [4.78, 5) is 0. The lowest BCUT2D eigenvalue weighted by molar-refractivity contribution is 0.0112. The summed E-state index contributed by atoms with van der Waals surface area (Å²) < 4.78 is 24.1. The Kier molecular flexibility index (Phi) is 7.51. The van der Waals surface area contributed by atoms with Gasteiger partial charge in [-0.1, -0.05) is 13.3 Å². The molecule has 2 N–H and O–H groups in total. The Morgan fingerprint density at radius 2 is 2.00 bits per heavy atom. The van der Waals surface area contributed by atoms with Crippen LogP contribution in [-0.2, 0) is 4.74 Å².